The number of furan rings is 8. The SMILES string of the molecule is Cc1ccc2c(n1)oc1c3cc(C)c(-c4ccnc[n+]4C)cc3oc21.Cc1ccc2c(n1)oc1c3cc(C)c(-c4cncc[n+]4C)cc3oc21.Cc1ccc2c(n1)oc1c3ccc(C)c(-c4ccnc[n+]4C)c3oc21.Cc1ccc2c(n1)oc1c3ccc(C)c(-c4cncc[n+]4C)c3oc21. The van der Waals surface area contributed by atoms with Gasteiger partial charge >= 0.3 is 0 Å². The molecule has 0 atom stereocenters. The number of nitrogens with zero attached hydrogens (tertiary/aromatic N) is 12. The number of rotatable bonds is 4. The third-order valence-electron chi connectivity index (χ3n) is 18.6. The molecule has 0 saturated heterocycles. The Morgan fingerprint density at radius 1 is 0.270 bits per heavy atom. The van der Waals surface area contributed by atoms with Gasteiger partial charge in [-0.1, -0.05) is 22.1 Å². The molecule has 4 aromatic carbocycles. The van der Waals surface area contributed by atoms with Crippen molar-refractivity contribution in [1.29, 1.82) is 0 Å². The Kier molecular flexibility index (Phi) is 14.3. The molecule has 0 fully saturated rings. The number of hydrogen-bond acceptors (Lipinski definition) is 16. The second-order valence-corrected chi connectivity index (χ2v) is 25.6. The van der Waals surface area contributed by atoms with Crippen LogP contribution in [0.15, 0.2) is 207 Å². The highest BCUT2D eigenvalue weighted by Gasteiger charge is 2.27. The minimum absolute atomic E-state index is 0.615. The number of fused-ring (bicyclic) bond motifs is 20. The predicted octanol–water partition coefficient (Wildman–Crippen LogP) is 16.9. The standard InChI is InChI=1S/4C20H16N3O2/c1-11-4-6-13-17(16(11)15-10-21-8-9-23(15)3)24-19-14-7-5-12(2)22-20(14)25-18(13)19;1-11-4-6-13-17(16(11)15-8-9-21-10-23(15)3)24-19-14-7-5-12(2)22-20(14)25-18(13)19;1-11-8-15-17(9-14(11)16-10-21-6-7-23(16)3)24-18-13-5-4-12(2)22-20(13)25-19(15)18;1-11-8-15-17(9-14(11)16-6-7-21-10-23(16)3)24-18-13-5-4-12(2)22-20(13)25-19(15)18/h4*4-10H,1-3H3/q4*+1. The number of hydrogen-bond donors (Lipinski definition) is 0. The molecule has 0 bridgehead atoms. The number of pyridine rings is 4. The van der Waals surface area contributed by atoms with E-state index >= 15 is 0 Å². The van der Waals surface area contributed by atoms with Crippen molar-refractivity contribution in [2.24, 2.45) is 28.2 Å². The summed E-state index contributed by atoms with van der Waals surface area (Å²) in [6.07, 6.45) is 18.3. The number of aryl methyl sites for hydroxylation is 12. The lowest BCUT2D eigenvalue weighted by Crippen LogP contribution is -2.31. The van der Waals surface area contributed by atoms with Crippen molar-refractivity contribution < 1.29 is 53.6 Å². The van der Waals surface area contributed by atoms with Gasteiger partial charge in [-0.05, 0) is 163 Å². The normalized spacial score (nSPS) is 11.8. The van der Waals surface area contributed by atoms with Crippen molar-refractivity contribution in [3.63, 3.8) is 0 Å². The van der Waals surface area contributed by atoms with Gasteiger partial charge < -0.3 is 35.3 Å². The molecule has 20 aromatic rings. The van der Waals surface area contributed by atoms with E-state index in [9.17, 15) is 0 Å². The molecule has 0 aliphatic carbocycles. The van der Waals surface area contributed by atoms with E-state index in [2.05, 4.69) is 115 Å². The molecule has 0 saturated carbocycles. The minimum Gasteiger partial charge on any atom is -0.452 e. The lowest BCUT2D eigenvalue weighted by atomic mass is 10.0. The number of aromatic nitrogens is 12. The zero-order valence-corrected chi connectivity index (χ0v) is 56.8. The van der Waals surface area contributed by atoms with E-state index in [1.165, 1.54) is 0 Å². The molecule has 0 aliphatic heterocycles. The van der Waals surface area contributed by atoms with Crippen LogP contribution in [0.25, 0.3) is 178 Å². The molecular formula is C80H64N12O8+4. The fourth-order valence-corrected chi connectivity index (χ4v) is 13.5. The average molecular weight is 1320 g/mol. The fourth-order valence-electron chi connectivity index (χ4n) is 13.5. The highest BCUT2D eigenvalue weighted by molar-refractivity contribution is 6.17. The van der Waals surface area contributed by atoms with E-state index in [0.717, 1.165) is 200 Å². The van der Waals surface area contributed by atoms with Gasteiger partial charge in [0.25, 0.3) is 12.7 Å². The van der Waals surface area contributed by atoms with Gasteiger partial charge in [-0.3, -0.25) is 9.97 Å². The van der Waals surface area contributed by atoms with Crippen LogP contribution < -0.4 is 18.3 Å². The summed E-state index contributed by atoms with van der Waals surface area (Å²) in [5, 5.41) is 7.48. The predicted molar refractivity (Wildman–Crippen MR) is 381 cm³/mol. The topological polar surface area (TPSA) is 224 Å². The molecule has 16 heterocycles. The Morgan fingerprint density at radius 3 is 1.03 bits per heavy atom. The first-order valence-corrected chi connectivity index (χ1v) is 32.6. The summed E-state index contributed by atoms with van der Waals surface area (Å²) in [7, 11) is 7.98. The van der Waals surface area contributed by atoms with Gasteiger partial charge in [0, 0.05) is 40.5 Å². The highest BCUT2D eigenvalue weighted by atomic mass is 16.4. The molecule has 0 aliphatic rings. The Hall–Kier alpha value is -12.8. The van der Waals surface area contributed by atoms with Crippen molar-refractivity contribution in [3.05, 3.63) is 216 Å². The smallest absolute Gasteiger partial charge is 0.286 e. The van der Waals surface area contributed by atoms with Crippen molar-refractivity contribution in [2.45, 2.75) is 55.4 Å². The summed E-state index contributed by atoms with van der Waals surface area (Å²) in [6, 6.07) is 36.5. The summed E-state index contributed by atoms with van der Waals surface area (Å²) in [5.41, 5.74) is 28.5. The van der Waals surface area contributed by atoms with Crippen LogP contribution in [0, 0.1) is 55.4 Å². The van der Waals surface area contributed by atoms with Crippen LogP contribution in [0.5, 0.6) is 0 Å². The molecule has 0 radical (unpaired) electrons. The molecule has 16 aromatic heterocycles. The maximum absolute atomic E-state index is 6.30. The molecule has 20 heteroatoms. The third kappa shape index (κ3) is 10.0. The van der Waals surface area contributed by atoms with Crippen LogP contribution in [0.4, 0.5) is 0 Å². The van der Waals surface area contributed by atoms with Gasteiger partial charge in [-0.25, -0.2) is 29.1 Å². The fraction of sp³-hybridized carbons (Fsp3) is 0.150. The molecular weight excluding hydrogens is 1260 g/mol. The highest BCUT2D eigenvalue weighted by Crippen LogP contribution is 2.44. The molecule has 20 rings (SSSR count). The maximum Gasteiger partial charge on any atom is 0.286 e. The van der Waals surface area contributed by atoms with Crippen molar-refractivity contribution in [3.8, 4) is 45.0 Å². The van der Waals surface area contributed by atoms with Crippen LogP contribution in [0.1, 0.15) is 45.0 Å². The van der Waals surface area contributed by atoms with Gasteiger partial charge in [0.05, 0.1) is 98.7 Å². The quantitative estimate of drug-likeness (QED) is 0.149. The van der Waals surface area contributed by atoms with Crippen molar-refractivity contribution in [2.75, 3.05) is 0 Å². The molecule has 0 spiro atoms. The van der Waals surface area contributed by atoms with Crippen molar-refractivity contribution >= 4 is 133 Å². The second kappa shape index (κ2) is 23.5. The Labute approximate surface area is 568 Å². The zero-order valence-electron chi connectivity index (χ0n) is 56.8. The van der Waals surface area contributed by atoms with E-state index < -0.39 is 0 Å². The Morgan fingerprint density at radius 2 is 0.620 bits per heavy atom. The summed E-state index contributed by atoms with van der Waals surface area (Å²) < 4.78 is 57.0. The molecule has 0 unspecified atom stereocenters. The summed E-state index contributed by atoms with van der Waals surface area (Å²) in [5.74, 6) is 0. The van der Waals surface area contributed by atoms with E-state index in [4.69, 9.17) is 35.3 Å². The summed E-state index contributed by atoms with van der Waals surface area (Å²) in [6.45, 7) is 16.2. The molecule has 0 N–H and O–H groups in total. The molecule has 488 valence electrons. The largest absolute Gasteiger partial charge is 0.452 e. The first kappa shape index (κ1) is 60.8. The van der Waals surface area contributed by atoms with Gasteiger partial charge in [-0.15, -0.1) is 0 Å². The third-order valence-corrected chi connectivity index (χ3v) is 18.6. The lowest BCUT2D eigenvalue weighted by Gasteiger charge is -2.06. The zero-order chi connectivity index (χ0) is 68.5. The summed E-state index contributed by atoms with van der Waals surface area (Å²) >= 11 is 0. The minimum atomic E-state index is 0.615. The molecule has 20 nitrogen and oxygen atoms in total. The molecule has 0 amide bonds. The van der Waals surface area contributed by atoms with Crippen LogP contribution in [0.2, 0.25) is 0 Å². The average Bonchev–Trinajstić information content (AvgIpc) is 1.59. The monoisotopic (exact) mass is 1320 g/mol. The second-order valence-electron chi connectivity index (χ2n) is 25.6. The first-order chi connectivity index (χ1) is 48.5. The lowest BCUT2D eigenvalue weighted by molar-refractivity contribution is -0.663. The van der Waals surface area contributed by atoms with E-state index in [1.54, 1.807) is 37.4 Å². The Balaban J connectivity index is 0.0000000997. The van der Waals surface area contributed by atoms with Crippen molar-refractivity contribution in [1.82, 2.24) is 39.9 Å². The Bertz CT molecular complexity index is 6330. The van der Waals surface area contributed by atoms with Crippen LogP contribution in [-0.4, -0.2) is 39.9 Å². The van der Waals surface area contributed by atoms with Gasteiger partial charge in [0.2, 0.25) is 34.2 Å². The van der Waals surface area contributed by atoms with Crippen LogP contribution in [-0.2, 0) is 28.2 Å². The molecule has 100 heavy (non-hydrogen) atoms. The van der Waals surface area contributed by atoms with Gasteiger partial charge in [0.15, 0.2) is 68.2 Å². The van der Waals surface area contributed by atoms with Crippen LogP contribution in [0.3, 0.4) is 0 Å². The first-order valence-electron chi connectivity index (χ1n) is 32.6. The van der Waals surface area contributed by atoms with Gasteiger partial charge in [0.1, 0.15) is 49.0 Å². The summed E-state index contributed by atoms with van der Waals surface area (Å²) in [4.78, 5) is 34.7. The van der Waals surface area contributed by atoms with Crippen LogP contribution >= 0.6 is 0 Å². The van der Waals surface area contributed by atoms with E-state index in [0.29, 0.717) is 22.9 Å². The number of benzene rings is 4. The van der Waals surface area contributed by atoms with E-state index in [-0.39, 0.29) is 0 Å². The maximum atomic E-state index is 6.30. The van der Waals surface area contributed by atoms with Gasteiger partial charge in [-0.2, -0.15) is 9.13 Å². The van der Waals surface area contributed by atoms with E-state index in [1.807, 2.05) is 161 Å².